The lowest BCUT2D eigenvalue weighted by molar-refractivity contribution is -0.123. The highest BCUT2D eigenvalue weighted by Crippen LogP contribution is 2.56. The minimum absolute atomic E-state index is 0.0908. The highest BCUT2D eigenvalue weighted by molar-refractivity contribution is 8.02. The Hall–Kier alpha value is -2.83. The van der Waals surface area contributed by atoms with Crippen molar-refractivity contribution >= 4 is 46.6 Å². The molecular weight excluding hydrogens is 423 g/mol. The summed E-state index contributed by atoms with van der Waals surface area (Å²) in [7, 11) is 0. The summed E-state index contributed by atoms with van der Waals surface area (Å²) < 4.78 is 14.3. The number of carbonyl (C=O) groups excluding carboxylic acids is 2. The molecule has 30 heavy (non-hydrogen) atoms. The van der Waals surface area contributed by atoms with E-state index in [0.29, 0.717) is 22.0 Å². The van der Waals surface area contributed by atoms with Crippen LogP contribution in [-0.4, -0.2) is 17.6 Å². The van der Waals surface area contributed by atoms with Crippen LogP contribution in [-0.2, 0) is 21.0 Å². The van der Waals surface area contributed by atoms with Crippen molar-refractivity contribution in [1.29, 1.82) is 0 Å². The summed E-state index contributed by atoms with van der Waals surface area (Å²) in [5, 5.41) is 0.548. The third kappa shape index (κ3) is 2.75. The Labute approximate surface area is 182 Å². The molecule has 2 heterocycles. The summed E-state index contributed by atoms with van der Waals surface area (Å²) in [4.78, 5) is 28.7. The highest BCUT2D eigenvalue weighted by Gasteiger charge is 2.60. The second kappa shape index (κ2) is 7.15. The summed E-state index contributed by atoms with van der Waals surface area (Å²) in [5.74, 6) is -0.597. The molecule has 7 heteroatoms. The maximum absolute atomic E-state index is 14.3. The van der Waals surface area contributed by atoms with Crippen LogP contribution in [0.2, 0.25) is 5.02 Å². The molecule has 2 aliphatic heterocycles. The Morgan fingerprint density at radius 2 is 1.67 bits per heavy atom. The molecule has 1 saturated heterocycles. The number of fused-ring (bicyclic) bond motifs is 2. The number of hydrogen-bond donors (Lipinski definition) is 0. The van der Waals surface area contributed by atoms with E-state index in [0.717, 1.165) is 5.56 Å². The molecule has 0 bridgehead atoms. The normalized spacial score (nSPS) is 20.3. The van der Waals surface area contributed by atoms with Crippen molar-refractivity contribution in [1.82, 2.24) is 0 Å². The fourth-order valence-electron chi connectivity index (χ4n) is 4.10. The third-order valence-electron chi connectivity index (χ3n) is 5.43. The third-order valence-corrected chi connectivity index (χ3v) is 7.07. The number of benzene rings is 3. The molecule has 4 nitrogen and oxygen atoms in total. The summed E-state index contributed by atoms with van der Waals surface area (Å²) in [6.07, 6.45) is 0. The minimum atomic E-state index is -1.22. The van der Waals surface area contributed by atoms with Crippen LogP contribution >= 0.6 is 23.4 Å². The number of thioether (sulfide) groups is 1. The van der Waals surface area contributed by atoms with Gasteiger partial charge in [-0.25, -0.2) is 4.39 Å². The topological polar surface area (TPSA) is 40.6 Å². The molecule has 2 aliphatic rings. The molecule has 0 unspecified atom stereocenters. The zero-order valence-electron chi connectivity index (χ0n) is 15.7. The molecule has 0 N–H and O–H groups in total. The van der Waals surface area contributed by atoms with E-state index in [-0.39, 0.29) is 29.9 Å². The van der Waals surface area contributed by atoms with Crippen molar-refractivity contribution < 1.29 is 14.0 Å². The van der Waals surface area contributed by atoms with Gasteiger partial charge in [-0.2, -0.15) is 0 Å². The number of hydrogen-bond acceptors (Lipinski definition) is 3. The number of anilines is 2. The molecule has 3 aromatic carbocycles. The van der Waals surface area contributed by atoms with Gasteiger partial charge in [0, 0.05) is 21.8 Å². The molecule has 2 amide bonds. The summed E-state index contributed by atoms with van der Waals surface area (Å²) in [5.41, 5.74) is 2.44. The van der Waals surface area contributed by atoms with Crippen molar-refractivity contribution in [3.63, 3.8) is 0 Å². The molecule has 0 aliphatic carbocycles. The molecule has 150 valence electrons. The molecule has 0 radical (unpaired) electrons. The van der Waals surface area contributed by atoms with E-state index in [1.165, 1.54) is 17.8 Å². The lowest BCUT2D eigenvalue weighted by Crippen LogP contribution is -2.49. The standard InChI is InChI=1S/C23H16ClFN2O2S/c24-16-9-11-17(12-10-16)27-21(28)14-30-23(27)18-6-2-4-8-20(18)26(22(23)29)13-15-5-1-3-7-19(15)25/h1-12H,13-14H2/t23-/m0/s1. The van der Waals surface area contributed by atoms with Crippen LogP contribution in [0.5, 0.6) is 0 Å². The highest BCUT2D eigenvalue weighted by atomic mass is 35.5. The fraction of sp³-hybridized carbons (Fsp3) is 0.130. The van der Waals surface area contributed by atoms with Gasteiger partial charge in [0.15, 0.2) is 0 Å². The lowest BCUT2D eigenvalue weighted by Gasteiger charge is -2.33. The van der Waals surface area contributed by atoms with E-state index in [9.17, 15) is 14.0 Å². The quantitative estimate of drug-likeness (QED) is 0.580. The van der Waals surface area contributed by atoms with E-state index < -0.39 is 4.87 Å². The number of halogens is 2. The Morgan fingerprint density at radius 1 is 0.967 bits per heavy atom. The van der Waals surface area contributed by atoms with Gasteiger partial charge in [0.05, 0.1) is 18.0 Å². The number of nitrogens with zero attached hydrogens (tertiary/aromatic N) is 2. The van der Waals surface area contributed by atoms with Crippen molar-refractivity contribution in [2.45, 2.75) is 11.4 Å². The molecule has 3 aromatic rings. The van der Waals surface area contributed by atoms with E-state index in [1.54, 1.807) is 52.3 Å². The first-order valence-corrected chi connectivity index (χ1v) is 10.8. The lowest BCUT2D eigenvalue weighted by atomic mass is 10.0. The van der Waals surface area contributed by atoms with Gasteiger partial charge in [-0.3, -0.25) is 14.5 Å². The predicted octanol–water partition coefficient (Wildman–Crippen LogP) is 4.96. The summed E-state index contributed by atoms with van der Waals surface area (Å²) in [6, 6.07) is 20.7. The molecule has 1 spiro atoms. The molecular formula is C23H16ClFN2O2S. The van der Waals surface area contributed by atoms with Crippen LogP contribution in [0, 0.1) is 5.82 Å². The fourth-order valence-corrected chi connectivity index (χ4v) is 5.59. The number of para-hydroxylation sites is 1. The van der Waals surface area contributed by atoms with Crippen LogP contribution in [0.15, 0.2) is 72.8 Å². The van der Waals surface area contributed by atoms with Crippen molar-refractivity contribution in [2.24, 2.45) is 0 Å². The molecule has 0 saturated carbocycles. The van der Waals surface area contributed by atoms with Crippen LogP contribution < -0.4 is 9.80 Å². The monoisotopic (exact) mass is 438 g/mol. The summed E-state index contributed by atoms with van der Waals surface area (Å²) in [6.45, 7) is 0.0908. The Bertz CT molecular complexity index is 1170. The molecule has 1 atom stereocenters. The maximum atomic E-state index is 14.3. The van der Waals surface area contributed by atoms with Crippen LogP contribution in [0.25, 0.3) is 0 Å². The maximum Gasteiger partial charge on any atom is 0.269 e. The van der Waals surface area contributed by atoms with Crippen LogP contribution in [0.4, 0.5) is 15.8 Å². The van der Waals surface area contributed by atoms with Crippen molar-refractivity contribution in [3.8, 4) is 0 Å². The van der Waals surface area contributed by atoms with Crippen molar-refractivity contribution in [3.05, 3.63) is 94.8 Å². The van der Waals surface area contributed by atoms with Gasteiger partial charge < -0.3 is 4.90 Å². The predicted molar refractivity (Wildman–Crippen MR) is 117 cm³/mol. The average molecular weight is 439 g/mol. The first-order chi connectivity index (χ1) is 14.5. The Kier molecular flexibility index (Phi) is 4.56. The molecule has 1 fully saturated rings. The Balaban J connectivity index is 1.65. The zero-order valence-corrected chi connectivity index (χ0v) is 17.3. The molecule has 0 aromatic heterocycles. The summed E-state index contributed by atoms with van der Waals surface area (Å²) >= 11 is 7.32. The second-order valence-corrected chi connectivity index (χ2v) is 8.74. The van der Waals surface area contributed by atoms with Crippen LogP contribution in [0.1, 0.15) is 11.1 Å². The molecule has 5 rings (SSSR count). The van der Waals surface area contributed by atoms with Gasteiger partial charge in [-0.15, -0.1) is 11.8 Å². The SMILES string of the molecule is O=C1CS[C@@]2(C(=O)N(Cc3ccccc3F)c3ccccc32)N1c1ccc(Cl)cc1. The van der Waals surface area contributed by atoms with E-state index in [1.807, 2.05) is 24.3 Å². The van der Waals surface area contributed by atoms with Gasteiger partial charge in [0.1, 0.15) is 5.82 Å². The van der Waals surface area contributed by atoms with Crippen molar-refractivity contribution in [2.75, 3.05) is 15.6 Å². The Morgan fingerprint density at radius 3 is 2.43 bits per heavy atom. The van der Waals surface area contributed by atoms with E-state index in [4.69, 9.17) is 11.6 Å². The van der Waals surface area contributed by atoms with Gasteiger partial charge in [0.25, 0.3) is 5.91 Å². The van der Waals surface area contributed by atoms with Gasteiger partial charge in [-0.1, -0.05) is 48.0 Å². The number of rotatable bonds is 3. The number of carbonyl (C=O) groups is 2. The van der Waals surface area contributed by atoms with Gasteiger partial charge in [0.2, 0.25) is 10.8 Å². The first-order valence-electron chi connectivity index (χ1n) is 9.40. The second-order valence-electron chi connectivity index (χ2n) is 7.14. The van der Waals surface area contributed by atoms with Gasteiger partial charge in [-0.05, 0) is 36.4 Å². The average Bonchev–Trinajstić information content (AvgIpc) is 3.22. The van der Waals surface area contributed by atoms with E-state index >= 15 is 0 Å². The smallest absolute Gasteiger partial charge is 0.269 e. The minimum Gasteiger partial charge on any atom is -0.304 e. The zero-order chi connectivity index (χ0) is 20.9. The van der Waals surface area contributed by atoms with E-state index in [2.05, 4.69) is 0 Å². The van der Waals surface area contributed by atoms with Crippen LogP contribution in [0.3, 0.4) is 0 Å². The largest absolute Gasteiger partial charge is 0.304 e. The first kappa shape index (κ1) is 19.2. The number of amides is 2. The van der Waals surface area contributed by atoms with Gasteiger partial charge >= 0.3 is 0 Å².